The van der Waals surface area contributed by atoms with Crippen LogP contribution in [0.3, 0.4) is 0 Å². The maximum Gasteiger partial charge on any atom is 0.317 e. The molecule has 3 N–H and O–H groups in total. The average Bonchev–Trinajstić information content (AvgIpc) is 3.32. The van der Waals surface area contributed by atoms with Gasteiger partial charge in [-0.25, -0.2) is 4.79 Å². The third-order valence-electron chi connectivity index (χ3n) is 5.34. The molecule has 2 heterocycles. The molecule has 2 aliphatic rings. The Morgan fingerprint density at radius 3 is 2.64 bits per heavy atom. The van der Waals surface area contributed by atoms with Crippen molar-refractivity contribution in [3.8, 4) is 0 Å². The fraction of sp³-hybridized carbons (Fsp3) is 0.722. The number of carbonyl (C=O) groups excluding carboxylic acids is 2. The molecule has 3 rings (SSSR count). The van der Waals surface area contributed by atoms with E-state index in [1.54, 1.807) is 6.20 Å². The Kier molecular flexibility index (Phi) is 6.30. The third-order valence-corrected chi connectivity index (χ3v) is 5.34. The molecule has 1 saturated carbocycles. The second kappa shape index (κ2) is 8.87. The Labute approximate surface area is 148 Å². The largest absolute Gasteiger partial charge is 0.354 e. The molecule has 2 fully saturated rings. The van der Waals surface area contributed by atoms with E-state index in [1.165, 1.54) is 25.7 Å². The summed E-state index contributed by atoms with van der Waals surface area (Å²) in [6.07, 6.45) is 12.2. The number of aromatic amines is 1. The minimum atomic E-state index is -0.0593. The van der Waals surface area contributed by atoms with E-state index >= 15 is 0 Å². The molecule has 1 aliphatic carbocycles. The van der Waals surface area contributed by atoms with Crippen molar-refractivity contribution in [1.29, 1.82) is 0 Å². The fourth-order valence-corrected chi connectivity index (χ4v) is 3.99. The summed E-state index contributed by atoms with van der Waals surface area (Å²) in [6.45, 7) is 1.71. The number of aromatic nitrogens is 2. The number of likely N-dealkylation sites (tertiary alicyclic amines) is 1. The van der Waals surface area contributed by atoms with Crippen LogP contribution in [0, 0.1) is 5.92 Å². The van der Waals surface area contributed by atoms with Crippen LogP contribution < -0.4 is 10.6 Å². The second-order valence-corrected chi connectivity index (χ2v) is 7.17. The number of H-pyrrole nitrogens is 1. The standard InChI is InChI=1S/C18H29N5O2/c24-17(11-14-5-1-2-6-14)19-8-9-20-18(25)23-10-4-3-7-16(23)15-12-21-22-13-15/h12-14,16H,1-11H2,(H,19,24)(H,20,25)(H,21,22)/t16-/m1/s1. The number of hydrogen-bond donors (Lipinski definition) is 3. The summed E-state index contributed by atoms with van der Waals surface area (Å²) in [7, 11) is 0. The molecular formula is C18H29N5O2. The van der Waals surface area contributed by atoms with Crippen molar-refractivity contribution in [3.63, 3.8) is 0 Å². The summed E-state index contributed by atoms with van der Waals surface area (Å²) in [6, 6.07) is 0.0281. The van der Waals surface area contributed by atoms with Gasteiger partial charge in [0.05, 0.1) is 12.2 Å². The van der Waals surface area contributed by atoms with Crippen LogP contribution in [-0.4, -0.2) is 46.7 Å². The Morgan fingerprint density at radius 2 is 1.88 bits per heavy atom. The van der Waals surface area contributed by atoms with Crippen LogP contribution in [-0.2, 0) is 4.79 Å². The Balaban J connectivity index is 1.38. The molecule has 1 aromatic rings. The number of piperidine rings is 1. The zero-order valence-electron chi connectivity index (χ0n) is 14.8. The third kappa shape index (κ3) is 4.96. The lowest BCUT2D eigenvalue weighted by Crippen LogP contribution is -2.46. The molecule has 0 bridgehead atoms. The molecule has 0 unspecified atom stereocenters. The molecule has 0 spiro atoms. The van der Waals surface area contributed by atoms with E-state index in [0.29, 0.717) is 25.4 Å². The number of hydrogen-bond acceptors (Lipinski definition) is 3. The lowest BCUT2D eigenvalue weighted by atomic mass is 9.98. The first-order valence-corrected chi connectivity index (χ1v) is 9.54. The number of rotatable bonds is 6. The summed E-state index contributed by atoms with van der Waals surface area (Å²) in [4.78, 5) is 26.3. The summed E-state index contributed by atoms with van der Waals surface area (Å²) >= 11 is 0. The first-order valence-electron chi connectivity index (χ1n) is 9.54. The van der Waals surface area contributed by atoms with Gasteiger partial charge >= 0.3 is 6.03 Å². The lowest BCUT2D eigenvalue weighted by Gasteiger charge is -2.35. The van der Waals surface area contributed by atoms with E-state index in [0.717, 1.165) is 31.4 Å². The maximum absolute atomic E-state index is 12.5. The minimum Gasteiger partial charge on any atom is -0.354 e. The van der Waals surface area contributed by atoms with E-state index < -0.39 is 0 Å². The quantitative estimate of drug-likeness (QED) is 0.690. The molecule has 25 heavy (non-hydrogen) atoms. The minimum absolute atomic E-state index is 0.0593. The number of carbonyl (C=O) groups is 2. The van der Waals surface area contributed by atoms with Crippen LogP contribution >= 0.6 is 0 Å². The number of amides is 3. The van der Waals surface area contributed by atoms with Crippen LogP contribution in [0.1, 0.15) is 63.0 Å². The van der Waals surface area contributed by atoms with Crippen LogP contribution in [0.4, 0.5) is 4.79 Å². The highest BCUT2D eigenvalue weighted by Gasteiger charge is 2.28. The Hall–Kier alpha value is -2.05. The molecule has 0 aromatic carbocycles. The van der Waals surface area contributed by atoms with Crippen molar-refractivity contribution < 1.29 is 9.59 Å². The van der Waals surface area contributed by atoms with E-state index in [1.807, 2.05) is 11.1 Å². The summed E-state index contributed by atoms with van der Waals surface area (Å²) in [5, 5.41) is 12.7. The molecule has 1 saturated heterocycles. The van der Waals surface area contributed by atoms with Gasteiger partial charge in [-0.2, -0.15) is 5.10 Å². The summed E-state index contributed by atoms with van der Waals surface area (Å²) in [5.41, 5.74) is 1.06. The maximum atomic E-state index is 12.5. The van der Waals surface area contributed by atoms with Gasteiger partial charge in [0.2, 0.25) is 5.91 Å². The second-order valence-electron chi connectivity index (χ2n) is 7.17. The van der Waals surface area contributed by atoms with Crippen molar-refractivity contribution >= 4 is 11.9 Å². The highest BCUT2D eigenvalue weighted by molar-refractivity contribution is 5.77. The van der Waals surface area contributed by atoms with Gasteiger partial charge in [0.15, 0.2) is 0 Å². The number of urea groups is 1. The first kappa shape index (κ1) is 17.8. The Morgan fingerprint density at radius 1 is 1.12 bits per heavy atom. The molecular weight excluding hydrogens is 318 g/mol. The molecule has 138 valence electrons. The van der Waals surface area contributed by atoms with Gasteiger partial charge in [-0.3, -0.25) is 9.89 Å². The molecule has 7 nitrogen and oxygen atoms in total. The zero-order valence-corrected chi connectivity index (χ0v) is 14.8. The molecule has 0 radical (unpaired) electrons. The molecule has 3 amide bonds. The summed E-state index contributed by atoms with van der Waals surface area (Å²) in [5.74, 6) is 0.661. The van der Waals surface area contributed by atoms with Gasteiger partial charge in [-0.05, 0) is 38.0 Å². The summed E-state index contributed by atoms with van der Waals surface area (Å²) < 4.78 is 0. The van der Waals surface area contributed by atoms with Gasteiger partial charge < -0.3 is 15.5 Å². The van der Waals surface area contributed by atoms with Crippen LogP contribution in [0.2, 0.25) is 0 Å². The molecule has 1 aliphatic heterocycles. The SMILES string of the molecule is O=C(CC1CCCC1)NCCNC(=O)N1CCCC[C@@H]1c1cn[nH]c1. The van der Waals surface area contributed by atoms with E-state index in [2.05, 4.69) is 20.8 Å². The predicted molar refractivity (Wildman–Crippen MR) is 94.9 cm³/mol. The van der Waals surface area contributed by atoms with Crippen molar-refractivity contribution in [2.45, 2.75) is 57.4 Å². The van der Waals surface area contributed by atoms with Gasteiger partial charge in [0.1, 0.15) is 0 Å². The zero-order chi connectivity index (χ0) is 17.5. The van der Waals surface area contributed by atoms with Crippen molar-refractivity contribution in [2.24, 2.45) is 5.92 Å². The van der Waals surface area contributed by atoms with Crippen LogP contribution in [0.5, 0.6) is 0 Å². The van der Waals surface area contributed by atoms with E-state index in [4.69, 9.17) is 0 Å². The predicted octanol–water partition coefficient (Wildman–Crippen LogP) is 2.34. The first-order chi connectivity index (χ1) is 12.2. The van der Waals surface area contributed by atoms with Gasteiger partial charge in [-0.15, -0.1) is 0 Å². The van der Waals surface area contributed by atoms with Crippen LogP contribution in [0.15, 0.2) is 12.4 Å². The van der Waals surface area contributed by atoms with Gasteiger partial charge in [-0.1, -0.05) is 12.8 Å². The van der Waals surface area contributed by atoms with Crippen molar-refractivity contribution in [3.05, 3.63) is 18.0 Å². The molecule has 7 heteroatoms. The smallest absolute Gasteiger partial charge is 0.317 e. The van der Waals surface area contributed by atoms with Gasteiger partial charge in [0.25, 0.3) is 0 Å². The monoisotopic (exact) mass is 347 g/mol. The molecule has 1 atom stereocenters. The van der Waals surface area contributed by atoms with Crippen molar-refractivity contribution in [1.82, 2.24) is 25.7 Å². The fourth-order valence-electron chi connectivity index (χ4n) is 3.99. The average molecular weight is 347 g/mol. The highest BCUT2D eigenvalue weighted by Crippen LogP contribution is 2.30. The Bertz CT molecular complexity index is 554. The highest BCUT2D eigenvalue weighted by atomic mass is 16.2. The van der Waals surface area contributed by atoms with E-state index in [9.17, 15) is 9.59 Å². The topological polar surface area (TPSA) is 90.1 Å². The lowest BCUT2D eigenvalue weighted by molar-refractivity contribution is -0.121. The van der Waals surface area contributed by atoms with Crippen molar-refractivity contribution in [2.75, 3.05) is 19.6 Å². The number of nitrogens with one attached hydrogen (secondary N) is 3. The number of nitrogens with zero attached hydrogens (tertiary/aromatic N) is 2. The van der Waals surface area contributed by atoms with Crippen LogP contribution in [0.25, 0.3) is 0 Å². The van der Waals surface area contributed by atoms with E-state index in [-0.39, 0.29) is 18.0 Å². The van der Waals surface area contributed by atoms with Gasteiger partial charge in [0, 0.05) is 37.8 Å². The normalized spacial score (nSPS) is 21.3. The molecule has 1 aromatic heterocycles.